The van der Waals surface area contributed by atoms with E-state index >= 15 is 0 Å². The Hall–Kier alpha value is -1.10. The van der Waals surface area contributed by atoms with Crippen LogP contribution in [0, 0.1) is 5.92 Å². The number of piperidine rings is 2. The molecule has 2 saturated heterocycles. The predicted molar refractivity (Wildman–Crippen MR) is 78.2 cm³/mol. The Kier molecular flexibility index (Phi) is 5.83. The molecule has 20 heavy (non-hydrogen) atoms. The minimum absolute atomic E-state index is 0.0218. The second-order valence-corrected chi connectivity index (χ2v) is 5.98. The van der Waals surface area contributed by atoms with Crippen LogP contribution in [-0.4, -0.2) is 48.9 Å². The lowest BCUT2D eigenvalue weighted by Gasteiger charge is -2.33. The number of nitrogens with one attached hydrogen (secondary N) is 2. The standard InChI is InChI=1S/C15H27N3O2/c1-2-5-14(19)18-9-4-6-12(11-18)15(20)17-13-7-3-8-16-10-13/h12-13,16H,2-11H2,1H3,(H,17,20). The molecule has 0 radical (unpaired) electrons. The first-order chi connectivity index (χ1) is 9.70. The highest BCUT2D eigenvalue weighted by atomic mass is 16.2. The first-order valence-electron chi connectivity index (χ1n) is 7.99. The van der Waals surface area contributed by atoms with E-state index in [4.69, 9.17) is 0 Å². The van der Waals surface area contributed by atoms with Gasteiger partial charge in [0, 0.05) is 32.1 Å². The molecule has 2 aliphatic heterocycles. The van der Waals surface area contributed by atoms with Crippen LogP contribution in [0.15, 0.2) is 0 Å². The molecular formula is C15H27N3O2. The largest absolute Gasteiger partial charge is 0.352 e. The highest BCUT2D eigenvalue weighted by Crippen LogP contribution is 2.18. The summed E-state index contributed by atoms with van der Waals surface area (Å²) in [6, 6.07) is 0.262. The Morgan fingerprint density at radius 3 is 2.85 bits per heavy atom. The third-order valence-corrected chi connectivity index (χ3v) is 4.25. The first kappa shape index (κ1) is 15.3. The van der Waals surface area contributed by atoms with Gasteiger partial charge in [0.1, 0.15) is 0 Å². The lowest BCUT2D eigenvalue weighted by atomic mass is 9.96. The number of likely N-dealkylation sites (tertiary alicyclic amines) is 1. The Morgan fingerprint density at radius 2 is 2.15 bits per heavy atom. The molecule has 2 rings (SSSR count). The summed E-state index contributed by atoms with van der Waals surface area (Å²) in [5.74, 6) is 0.309. The third kappa shape index (κ3) is 4.20. The summed E-state index contributed by atoms with van der Waals surface area (Å²) in [6.07, 6.45) is 5.50. The van der Waals surface area contributed by atoms with Crippen molar-refractivity contribution >= 4 is 11.8 Å². The van der Waals surface area contributed by atoms with Gasteiger partial charge in [-0.25, -0.2) is 0 Å². The van der Waals surface area contributed by atoms with Gasteiger partial charge in [-0.2, -0.15) is 0 Å². The van der Waals surface area contributed by atoms with Crippen molar-refractivity contribution in [1.82, 2.24) is 15.5 Å². The Balaban J connectivity index is 1.81. The van der Waals surface area contributed by atoms with E-state index in [9.17, 15) is 9.59 Å². The maximum atomic E-state index is 12.3. The Labute approximate surface area is 121 Å². The lowest BCUT2D eigenvalue weighted by Crippen LogP contribution is -2.51. The maximum absolute atomic E-state index is 12.3. The zero-order valence-electron chi connectivity index (χ0n) is 12.5. The Morgan fingerprint density at radius 1 is 1.30 bits per heavy atom. The van der Waals surface area contributed by atoms with E-state index < -0.39 is 0 Å². The molecule has 0 spiro atoms. The number of hydrogen-bond acceptors (Lipinski definition) is 3. The van der Waals surface area contributed by atoms with Crippen LogP contribution < -0.4 is 10.6 Å². The zero-order valence-corrected chi connectivity index (χ0v) is 12.5. The molecule has 2 heterocycles. The van der Waals surface area contributed by atoms with Crippen LogP contribution in [0.1, 0.15) is 45.4 Å². The fourth-order valence-electron chi connectivity index (χ4n) is 3.08. The monoisotopic (exact) mass is 281 g/mol. The molecule has 2 N–H and O–H groups in total. The van der Waals surface area contributed by atoms with Crippen molar-refractivity contribution in [2.24, 2.45) is 5.92 Å². The second-order valence-electron chi connectivity index (χ2n) is 5.98. The van der Waals surface area contributed by atoms with Crippen LogP contribution >= 0.6 is 0 Å². The molecule has 5 nitrogen and oxygen atoms in total. The molecule has 0 saturated carbocycles. The normalized spacial score (nSPS) is 27.1. The number of amides is 2. The molecule has 0 aliphatic carbocycles. The number of nitrogens with zero attached hydrogens (tertiary/aromatic N) is 1. The third-order valence-electron chi connectivity index (χ3n) is 4.25. The summed E-state index contributed by atoms with van der Waals surface area (Å²) in [7, 11) is 0. The van der Waals surface area contributed by atoms with Gasteiger partial charge in [-0.15, -0.1) is 0 Å². The molecule has 2 aliphatic rings. The smallest absolute Gasteiger partial charge is 0.225 e. The van der Waals surface area contributed by atoms with Crippen LogP contribution in [0.5, 0.6) is 0 Å². The van der Waals surface area contributed by atoms with E-state index in [0.717, 1.165) is 51.7 Å². The fourth-order valence-corrected chi connectivity index (χ4v) is 3.08. The number of carbonyl (C=O) groups is 2. The van der Waals surface area contributed by atoms with Gasteiger partial charge >= 0.3 is 0 Å². The maximum Gasteiger partial charge on any atom is 0.225 e. The lowest BCUT2D eigenvalue weighted by molar-refractivity contribution is -0.136. The first-order valence-corrected chi connectivity index (χ1v) is 7.99. The van der Waals surface area contributed by atoms with E-state index in [1.807, 2.05) is 11.8 Å². The predicted octanol–water partition coefficient (Wildman–Crippen LogP) is 0.893. The average Bonchev–Trinajstić information content (AvgIpc) is 2.48. The zero-order chi connectivity index (χ0) is 14.4. The minimum atomic E-state index is -0.0218. The van der Waals surface area contributed by atoms with Crippen LogP contribution in [0.2, 0.25) is 0 Å². The molecule has 0 aromatic heterocycles. The molecule has 0 aromatic carbocycles. The van der Waals surface area contributed by atoms with Gasteiger partial charge in [0.05, 0.1) is 5.92 Å². The van der Waals surface area contributed by atoms with Crippen molar-refractivity contribution in [2.75, 3.05) is 26.2 Å². The van der Waals surface area contributed by atoms with E-state index in [0.29, 0.717) is 13.0 Å². The van der Waals surface area contributed by atoms with E-state index in [1.54, 1.807) is 0 Å². The van der Waals surface area contributed by atoms with Gasteiger partial charge in [-0.3, -0.25) is 9.59 Å². The van der Waals surface area contributed by atoms with E-state index in [1.165, 1.54) is 0 Å². The van der Waals surface area contributed by atoms with Crippen LogP contribution in [-0.2, 0) is 9.59 Å². The molecule has 0 aromatic rings. The molecule has 114 valence electrons. The molecule has 2 amide bonds. The van der Waals surface area contributed by atoms with Gasteiger partial charge in [0.15, 0.2) is 0 Å². The van der Waals surface area contributed by atoms with Crippen molar-refractivity contribution in [2.45, 2.75) is 51.5 Å². The second kappa shape index (κ2) is 7.62. The van der Waals surface area contributed by atoms with Gasteiger partial charge < -0.3 is 15.5 Å². The van der Waals surface area contributed by atoms with Crippen molar-refractivity contribution in [3.63, 3.8) is 0 Å². The molecule has 2 fully saturated rings. The summed E-state index contributed by atoms with van der Waals surface area (Å²) in [4.78, 5) is 26.1. The molecule has 2 atom stereocenters. The molecule has 0 bridgehead atoms. The van der Waals surface area contributed by atoms with Crippen LogP contribution in [0.3, 0.4) is 0 Å². The Bertz CT molecular complexity index is 340. The molecule has 2 unspecified atom stereocenters. The van der Waals surface area contributed by atoms with Gasteiger partial charge in [-0.05, 0) is 38.6 Å². The van der Waals surface area contributed by atoms with Gasteiger partial charge in [0.25, 0.3) is 0 Å². The van der Waals surface area contributed by atoms with Crippen LogP contribution in [0.4, 0.5) is 0 Å². The van der Waals surface area contributed by atoms with Crippen molar-refractivity contribution in [3.8, 4) is 0 Å². The van der Waals surface area contributed by atoms with Gasteiger partial charge in [0.2, 0.25) is 11.8 Å². The van der Waals surface area contributed by atoms with Crippen molar-refractivity contribution in [1.29, 1.82) is 0 Å². The summed E-state index contributed by atoms with van der Waals surface area (Å²) in [5, 5.41) is 6.45. The fraction of sp³-hybridized carbons (Fsp3) is 0.867. The molecule has 5 heteroatoms. The minimum Gasteiger partial charge on any atom is -0.352 e. The quantitative estimate of drug-likeness (QED) is 0.804. The van der Waals surface area contributed by atoms with E-state index in [-0.39, 0.29) is 23.8 Å². The average molecular weight is 281 g/mol. The van der Waals surface area contributed by atoms with Crippen LogP contribution in [0.25, 0.3) is 0 Å². The highest BCUT2D eigenvalue weighted by Gasteiger charge is 2.29. The summed E-state index contributed by atoms with van der Waals surface area (Å²) < 4.78 is 0. The number of rotatable bonds is 4. The highest BCUT2D eigenvalue weighted by molar-refractivity contribution is 5.81. The van der Waals surface area contributed by atoms with Crippen molar-refractivity contribution < 1.29 is 9.59 Å². The summed E-state index contributed by atoms with van der Waals surface area (Å²) in [6.45, 7) is 5.35. The number of hydrogen-bond donors (Lipinski definition) is 2. The summed E-state index contributed by atoms with van der Waals surface area (Å²) >= 11 is 0. The SMILES string of the molecule is CCCC(=O)N1CCCC(C(=O)NC2CCCNC2)C1. The number of carbonyl (C=O) groups excluding carboxylic acids is 2. The van der Waals surface area contributed by atoms with Gasteiger partial charge in [-0.1, -0.05) is 6.92 Å². The molecular weight excluding hydrogens is 254 g/mol. The topological polar surface area (TPSA) is 61.4 Å². The summed E-state index contributed by atoms with van der Waals surface area (Å²) in [5.41, 5.74) is 0. The van der Waals surface area contributed by atoms with E-state index in [2.05, 4.69) is 10.6 Å². The van der Waals surface area contributed by atoms with Crippen molar-refractivity contribution in [3.05, 3.63) is 0 Å².